The van der Waals surface area contributed by atoms with Gasteiger partial charge in [-0.3, -0.25) is 13.9 Å². The molecular weight excluding hydrogens is 562 g/mol. The van der Waals surface area contributed by atoms with E-state index in [-0.39, 0.29) is 17.3 Å². The molecule has 1 N–H and O–H groups in total. The number of hydrogen-bond acceptors (Lipinski definition) is 5. The van der Waals surface area contributed by atoms with Crippen molar-refractivity contribution in [3.05, 3.63) is 88.9 Å². The first kappa shape index (κ1) is 32.0. The van der Waals surface area contributed by atoms with E-state index in [9.17, 15) is 18.0 Å². The zero-order valence-electron chi connectivity index (χ0n) is 24.0. The van der Waals surface area contributed by atoms with Crippen LogP contribution >= 0.6 is 11.6 Å². The van der Waals surface area contributed by atoms with Gasteiger partial charge in [-0.2, -0.15) is 0 Å². The second-order valence-electron chi connectivity index (χ2n) is 9.72. The van der Waals surface area contributed by atoms with Gasteiger partial charge in [0.15, 0.2) is 0 Å². The van der Waals surface area contributed by atoms with Crippen LogP contribution in [-0.4, -0.2) is 50.9 Å². The van der Waals surface area contributed by atoms with Crippen LogP contribution in [0.1, 0.15) is 44.7 Å². The minimum atomic E-state index is -4.14. The van der Waals surface area contributed by atoms with Gasteiger partial charge in [0.25, 0.3) is 10.0 Å². The van der Waals surface area contributed by atoms with Crippen molar-refractivity contribution >= 4 is 39.1 Å². The number of nitrogens with zero attached hydrogens (tertiary/aromatic N) is 2. The van der Waals surface area contributed by atoms with E-state index in [2.05, 4.69) is 5.32 Å². The number of rotatable bonds is 14. The lowest BCUT2D eigenvalue weighted by atomic mass is 10.1. The maximum atomic E-state index is 14.0. The molecule has 0 aliphatic carbocycles. The summed E-state index contributed by atoms with van der Waals surface area (Å²) in [4.78, 5) is 28.5. The molecule has 220 valence electrons. The highest BCUT2D eigenvalue weighted by Crippen LogP contribution is 2.27. The van der Waals surface area contributed by atoms with Crippen molar-refractivity contribution in [2.75, 3.05) is 24.0 Å². The average molecular weight is 600 g/mol. The lowest BCUT2D eigenvalue weighted by Gasteiger charge is -2.32. The molecule has 0 saturated heterocycles. The Morgan fingerprint density at radius 1 is 1.00 bits per heavy atom. The van der Waals surface area contributed by atoms with Crippen LogP contribution in [0.4, 0.5) is 5.69 Å². The highest BCUT2D eigenvalue weighted by atomic mass is 35.5. The highest BCUT2D eigenvalue weighted by Gasteiger charge is 2.32. The number of unbranched alkanes of at least 4 members (excludes halogenated alkanes) is 1. The normalized spacial score (nSPS) is 11.9. The number of nitrogens with one attached hydrogen (secondary N) is 1. The summed E-state index contributed by atoms with van der Waals surface area (Å²) in [6.45, 7) is 7.88. The van der Waals surface area contributed by atoms with E-state index in [0.29, 0.717) is 35.2 Å². The molecule has 3 aromatic rings. The van der Waals surface area contributed by atoms with Gasteiger partial charge in [-0.15, -0.1) is 0 Å². The maximum Gasteiger partial charge on any atom is 0.264 e. The minimum absolute atomic E-state index is 0.0523. The molecular formula is C31H38ClN3O5S. The Morgan fingerprint density at radius 2 is 1.68 bits per heavy atom. The predicted octanol–water partition coefficient (Wildman–Crippen LogP) is 5.58. The van der Waals surface area contributed by atoms with E-state index < -0.39 is 28.5 Å². The van der Waals surface area contributed by atoms with Crippen molar-refractivity contribution in [2.45, 2.75) is 58.0 Å². The van der Waals surface area contributed by atoms with Gasteiger partial charge in [-0.05, 0) is 81.3 Å². The Morgan fingerprint density at radius 3 is 2.29 bits per heavy atom. The zero-order chi connectivity index (χ0) is 30.0. The Kier molecular flexibility index (Phi) is 11.6. The number of aryl methyl sites for hydroxylation is 1. The molecule has 0 fully saturated rings. The van der Waals surface area contributed by atoms with Gasteiger partial charge >= 0.3 is 0 Å². The topological polar surface area (TPSA) is 96.0 Å². The third-order valence-corrected chi connectivity index (χ3v) is 8.59. The van der Waals surface area contributed by atoms with Gasteiger partial charge < -0.3 is 15.0 Å². The number of ether oxygens (including phenoxy) is 1. The maximum absolute atomic E-state index is 14.0. The first-order chi connectivity index (χ1) is 19.6. The van der Waals surface area contributed by atoms with E-state index in [1.807, 2.05) is 20.8 Å². The second kappa shape index (κ2) is 14.9. The molecule has 0 bridgehead atoms. The van der Waals surface area contributed by atoms with Crippen molar-refractivity contribution in [3.8, 4) is 5.75 Å². The number of sulfonamides is 1. The summed E-state index contributed by atoms with van der Waals surface area (Å²) < 4.78 is 34.4. The first-order valence-corrected chi connectivity index (χ1v) is 15.5. The minimum Gasteiger partial charge on any atom is -0.494 e. The van der Waals surface area contributed by atoms with E-state index in [4.69, 9.17) is 16.3 Å². The fourth-order valence-electron chi connectivity index (χ4n) is 4.19. The molecule has 0 aliphatic rings. The lowest BCUT2D eigenvalue weighted by molar-refractivity contribution is -0.139. The van der Waals surface area contributed by atoms with Gasteiger partial charge in [-0.25, -0.2) is 8.42 Å². The molecule has 0 aliphatic heterocycles. The molecule has 8 nitrogen and oxygen atoms in total. The smallest absolute Gasteiger partial charge is 0.264 e. The Labute approximate surface area is 248 Å². The quantitative estimate of drug-likeness (QED) is 0.244. The van der Waals surface area contributed by atoms with Gasteiger partial charge in [0.2, 0.25) is 11.8 Å². The van der Waals surface area contributed by atoms with E-state index in [1.165, 1.54) is 17.0 Å². The molecule has 0 aromatic heterocycles. The average Bonchev–Trinajstić information content (AvgIpc) is 2.95. The van der Waals surface area contributed by atoms with Crippen LogP contribution in [0.2, 0.25) is 5.02 Å². The third-order valence-electron chi connectivity index (χ3n) is 6.56. The monoisotopic (exact) mass is 599 g/mol. The summed E-state index contributed by atoms with van der Waals surface area (Å²) in [6, 6.07) is 19.1. The number of benzene rings is 3. The Balaban J connectivity index is 2.00. The van der Waals surface area contributed by atoms with E-state index in [1.54, 1.807) is 67.6 Å². The SMILES string of the molecule is CCCCNC(=O)[C@@H](C)N(Cc1cccc(Cl)c1)C(=O)CN(c1ccc(OCC)cc1)S(=O)(=O)c1ccc(C)cc1. The van der Waals surface area contributed by atoms with Gasteiger partial charge in [-0.1, -0.05) is 54.8 Å². The molecule has 41 heavy (non-hydrogen) atoms. The number of carbonyl (C=O) groups is 2. The van der Waals surface area contributed by atoms with Gasteiger partial charge in [0.05, 0.1) is 17.2 Å². The third kappa shape index (κ3) is 8.71. The molecule has 0 unspecified atom stereocenters. The van der Waals surface area contributed by atoms with Crippen LogP contribution in [0.15, 0.2) is 77.7 Å². The molecule has 0 saturated carbocycles. The predicted molar refractivity (Wildman–Crippen MR) is 163 cm³/mol. The van der Waals surface area contributed by atoms with Crippen LogP contribution < -0.4 is 14.4 Å². The molecule has 2 amide bonds. The zero-order valence-corrected chi connectivity index (χ0v) is 25.5. The fourth-order valence-corrected chi connectivity index (χ4v) is 5.82. The van der Waals surface area contributed by atoms with Crippen molar-refractivity contribution in [1.29, 1.82) is 0 Å². The fraction of sp³-hybridized carbons (Fsp3) is 0.355. The molecule has 10 heteroatoms. The van der Waals surface area contributed by atoms with Crippen LogP contribution in [0, 0.1) is 6.92 Å². The molecule has 3 rings (SSSR count). The standard InChI is InChI=1S/C31H38ClN3O5S/c1-5-7-19-33-31(37)24(4)34(21-25-9-8-10-26(32)20-25)30(36)22-35(27-13-15-28(16-14-27)40-6-2)41(38,39)29-17-11-23(3)12-18-29/h8-18,20,24H,5-7,19,21-22H2,1-4H3,(H,33,37)/t24-/m1/s1. The molecule has 0 radical (unpaired) electrons. The number of halogens is 1. The summed E-state index contributed by atoms with van der Waals surface area (Å²) in [5.74, 6) is -0.272. The summed E-state index contributed by atoms with van der Waals surface area (Å²) in [5, 5.41) is 3.37. The van der Waals surface area contributed by atoms with Gasteiger partial charge in [0.1, 0.15) is 18.3 Å². The number of hydrogen-bond donors (Lipinski definition) is 1. The van der Waals surface area contributed by atoms with Crippen molar-refractivity contribution < 1.29 is 22.7 Å². The molecule has 0 heterocycles. The van der Waals surface area contributed by atoms with Crippen LogP contribution in [-0.2, 0) is 26.2 Å². The first-order valence-electron chi connectivity index (χ1n) is 13.7. The van der Waals surface area contributed by atoms with Gasteiger partial charge in [0, 0.05) is 18.1 Å². The van der Waals surface area contributed by atoms with E-state index >= 15 is 0 Å². The Hall–Kier alpha value is -3.56. The molecule has 3 aromatic carbocycles. The summed E-state index contributed by atoms with van der Waals surface area (Å²) in [5.41, 5.74) is 1.92. The van der Waals surface area contributed by atoms with Crippen molar-refractivity contribution in [2.24, 2.45) is 0 Å². The highest BCUT2D eigenvalue weighted by molar-refractivity contribution is 7.92. The largest absolute Gasteiger partial charge is 0.494 e. The number of anilines is 1. The van der Waals surface area contributed by atoms with Crippen LogP contribution in [0.25, 0.3) is 0 Å². The number of amides is 2. The molecule has 0 spiro atoms. The van der Waals surface area contributed by atoms with Crippen LogP contribution in [0.5, 0.6) is 5.75 Å². The summed E-state index contributed by atoms with van der Waals surface area (Å²) >= 11 is 6.19. The second-order valence-corrected chi connectivity index (χ2v) is 12.0. The van der Waals surface area contributed by atoms with Crippen molar-refractivity contribution in [3.63, 3.8) is 0 Å². The van der Waals surface area contributed by atoms with Crippen molar-refractivity contribution in [1.82, 2.24) is 10.2 Å². The lowest BCUT2D eigenvalue weighted by Crippen LogP contribution is -2.51. The number of carbonyl (C=O) groups excluding carboxylic acids is 2. The summed E-state index contributed by atoms with van der Waals surface area (Å²) in [7, 11) is -4.14. The Bertz CT molecular complexity index is 1410. The molecule has 1 atom stereocenters. The van der Waals surface area contributed by atoms with Crippen LogP contribution in [0.3, 0.4) is 0 Å². The van der Waals surface area contributed by atoms with E-state index in [0.717, 1.165) is 22.7 Å². The summed E-state index contributed by atoms with van der Waals surface area (Å²) in [6.07, 6.45) is 1.72.